The molecule has 53 heavy (non-hydrogen) atoms. The quantitative estimate of drug-likeness (QED) is 0.136. The lowest BCUT2D eigenvalue weighted by molar-refractivity contribution is 1.71. The zero-order valence-electron chi connectivity index (χ0n) is 29.4. The smallest absolute Gasteiger partial charge is 0.0887 e. The predicted molar refractivity (Wildman–Crippen MR) is 240 cm³/mol. The lowest BCUT2D eigenvalue weighted by Crippen LogP contribution is -2.71. The molecule has 2 heterocycles. The van der Waals surface area contributed by atoms with Crippen molar-refractivity contribution in [2.45, 2.75) is 0 Å². The lowest BCUT2D eigenvalue weighted by atomic mass is 10.1. The van der Waals surface area contributed by atoms with E-state index in [1.807, 2.05) is 0 Å². The second-order valence-corrected chi connectivity index (χ2v) is 24.3. The Morgan fingerprint density at radius 1 is 0.264 bits per heavy atom. The maximum absolute atomic E-state index is 5.19. The van der Waals surface area contributed by atoms with Gasteiger partial charge in [0.25, 0.3) is 0 Å². The molecule has 0 radical (unpaired) electrons. The molecule has 0 nitrogen and oxygen atoms in total. The molecule has 0 unspecified atom stereocenters. The van der Waals surface area contributed by atoms with Gasteiger partial charge in [-0.3, -0.25) is 0 Å². The van der Waals surface area contributed by atoms with Gasteiger partial charge in [-0.15, -0.1) is 0 Å². The Kier molecular flexibility index (Phi) is 7.50. The predicted octanol–water partition coefficient (Wildman–Crippen LogP) is 6.48. The Hall–Kier alpha value is -5.42. The highest BCUT2D eigenvalue weighted by Crippen LogP contribution is 2.45. The van der Waals surface area contributed by atoms with Crippen molar-refractivity contribution in [3.63, 3.8) is 0 Å². The van der Waals surface area contributed by atoms with Gasteiger partial charge in [-0.1, -0.05) is 219 Å². The number of rotatable bonds is 6. The molecule has 0 amide bonds. The maximum Gasteiger partial charge on any atom is 0.182 e. The molecule has 0 fully saturated rings. The first-order valence-electron chi connectivity index (χ1n) is 18.2. The topological polar surface area (TPSA) is 0 Å². The summed E-state index contributed by atoms with van der Waals surface area (Å²) in [6, 6.07) is 77.3. The van der Waals surface area contributed by atoms with Gasteiger partial charge in [0.1, 0.15) is 0 Å². The fourth-order valence-electron chi connectivity index (χ4n) is 9.21. The number of benzene rings is 8. The summed E-state index contributed by atoms with van der Waals surface area (Å²) in [5.41, 5.74) is 5.45. The van der Waals surface area contributed by atoms with Crippen LogP contribution in [0.5, 0.6) is 0 Å². The van der Waals surface area contributed by atoms with Crippen molar-refractivity contribution in [2.75, 3.05) is 0 Å². The normalized spacial score (nSPS) is 13.6. The molecular weight excluding hydrogens is 691 g/mol. The molecule has 0 bridgehead atoms. The second-order valence-electron chi connectivity index (χ2n) is 14.3. The highest BCUT2D eigenvalue weighted by Gasteiger charge is 2.54. The SMILES string of the molecule is C=P(c1ccccc1)(c1ccccc1)c1ccc2c(c1)[Si]1(c3ccccc3-c3ccccc31)c1cc(P(=C)(c3ccccc3)c3ccccc3)ccc1-2. The van der Waals surface area contributed by atoms with E-state index >= 15 is 0 Å². The first-order valence-corrected chi connectivity index (χ1v) is 24.2. The summed E-state index contributed by atoms with van der Waals surface area (Å²) >= 11 is 0. The summed E-state index contributed by atoms with van der Waals surface area (Å²) < 4.78 is 0. The molecule has 0 N–H and O–H groups in total. The van der Waals surface area contributed by atoms with E-state index in [4.69, 9.17) is 12.6 Å². The largest absolute Gasteiger partial charge is 0.182 e. The molecule has 0 saturated heterocycles. The Balaban J connectivity index is 1.30. The third-order valence-corrected chi connectivity index (χ3v) is 23.7. The monoisotopic (exact) mass is 728 g/mol. The molecular formula is C50H38P2Si. The van der Waals surface area contributed by atoms with Gasteiger partial charge in [0.05, 0.1) is 0 Å². The Morgan fingerprint density at radius 3 is 0.887 bits per heavy atom. The zero-order valence-corrected chi connectivity index (χ0v) is 32.2. The molecule has 0 atom stereocenters. The number of fused-ring (bicyclic) bond motifs is 10. The second kappa shape index (κ2) is 12.3. The first-order chi connectivity index (χ1) is 26.1. The minimum absolute atomic E-state index is 1.30. The van der Waals surface area contributed by atoms with Crippen molar-refractivity contribution in [2.24, 2.45) is 0 Å². The fraction of sp³-hybridized carbons (Fsp3) is 0. The Labute approximate surface area is 314 Å². The van der Waals surface area contributed by atoms with Crippen LogP contribution in [0.15, 0.2) is 206 Å². The van der Waals surface area contributed by atoms with Crippen LogP contribution < -0.4 is 52.6 Å². The summed E-state index contributed by atoms with van der Waals surface area (Å²) in [7, 11) is -2.80. The Morgan fingerprint density at radius 2 is 0.547 bits per heavy atom. The fourth-order valence-corrected chi connectivity index (χ4v) is 21.0. The summed E-state index contributed by atoms with van der Waals surface area (Å²) in [4.78, 5) is 0. The molecule has 0 saturated carbocycles. The Bertz CT molecular complexity index is 2490. The highest BCUT2D eigenvalue weighted by atomic mass is 31.2. The molecule has 10 rings (SSSR count). The van der Waals surface area contributed by atoms with E-state index in [9.17, 15) is 0 Å². The molecule has 0 aromatic heterocycles. The van der Waals surface area contributed by atoms with Crippen LogP contribution in [0, 0.1) is 0 Å². The minimum Gasteiger partial charge on any atom is -0.0887 e. The van der Waals surface area contributed by atoms with Crippen molar-refractivity contribution in [3.05, 3.63) is 206 Å². The van der Waals surface area contributed by atoms with Crippen molar-refractivity contribution < 1.29 is 0 Å². The summed E-state index contributed by atoms with van der Waals surface area (Å²) in [6.45, 7) is -4.46. The summed E-state index contributed by atoms with van der Waals surface area (Å²) in [5, 5.41) is 13.7. The van der Waals surface area contributed by atoms with Gasteiger partial charge in [0.2, 0.25) is 0 Å². The van der Waals surface area contributed by atoms with E-state index in [0.717, 1.165) is 0 Å². The highest BCUT2D eigenvalue weighted by molar-refractivity contribution is 7.94. The lowest BCUT2D eigenvalue weighted by Gasteiger charge is -2.32. The first kappa shape index (κ1) is 32.2. The molecule has 2 aliphatic heterocycles. The third-order valence-electron chi connectivity index (χ3n) is 11.7. The van der Waals surface area contributed by atoms with Crippen LogP contribution in [0.1, 0.15) is 0 Å². The molecule has 8 aromatic rings. The molecule has 8 aromatic carbocycles. The maximum atomic E-state index is 5.19. The average molecular weight is 729 g/mol. The van der Waals surface area contributed by atoms with Crippen LogP contribution >= 0.6 is 13.8 Å². The summed E-state index contributed by atoms with van der Waals surface area (Å²) in [5.74, 6) is 0. The van der Waals surface area contributed by atoms with Crippen LogP contribution in [0.2, 0.25) is 0 Å². The van der Waals surface area contributed by atoms with Gasteiger partial charge in [-0.25, -0.2) is 0 Å². The van der Waals surface area contributed by atoms with E-state index in [0.29, 0.717) is 0 Å². The van der Waals surface area contributed by atoms with Gasteiger partial charge in [0.15, 0.2) is 8.07 Å². The molecule has 3 heteroatoms. The van der Waals surface area contributed by atoms with Crippen molar-refractivity contribution in [3.8, 4) is 22.3 Å². The van der Waals surface area contributed by atoms with Gasteiger partial charge in [0, 0.05) is 0 Å². The molecule has 2 aliphatic rings. The zero-order chi connectivity index (χ0) is 35.6. The molecule has 1 spiro atoms. The van der Waals surface area contributed by atoms with Gasteiger partial charge in [-0.05, 0) is 88.6 Å². The number of hydrogen-bond donors (Lipinski definition) is 0. The van der Waals surface area contributed by atoms with Crippen LogP contribution in [0.25, 0.3) is 22.3 Å². The van der Waals surface area contributed by atoms with Crippen LogP contribution in [0.3, 0.4) is 0 Å². The van der Waals surface area contributed by atoms with Crippen molar-refractivity contribution in [1.29, 1.82) is 0 Å². The van der Waals surface area contributed by atoms with Gasteiger partial charge < -0.3 is 0 Å². The third kappa shape index (κ3) is 4.55. The molecule has 252 valence electrons. The standard InChI is InChI=1S/C50H38P2Si/c1-51(37-19-7-3-8-20-37,38-21-9-4-10-22-38)41-31-33-45-46-34-32-42(52(2,39-23-11-5-12-24-39)40-25-13-6-14-26-40)36-50(46)53(49(45)35-41)47-29-17-15-27-43(47)44-28-16-18-30-48(44)53/h3-36H,1-2H2. The number of hydrogen-bond acceptors (Lipinski definition) is 0. The van der Waals surface area contributed by atoms with E-state index in [-0.39, 0.29) is 0 Å². The van der Waals surface area contributed by atoms with E-state index in [1.54, 1.807) is 0 Å². The average Bonchev–Trinajstić information content (AvgIpc) is 3.71. The summed E-state index contributed by atoms with van der Waals surface area (Å²) in [6.07, 6.45) is 10.4. The van der Waals surface area contributed by atoms with Crippen LogP contribution in [-0.4, -0.2) is 20.7 Å². The van der Waals surface area contributed by atoms with Crippen LogP contribution in [-0.2, 0) is 0 Å². The van der Waals surface area contributed by atoms with E-state index in [2.05, 4.69) is 206 Å². The van der Waals surface area contributed by atoms with Gasteiger partial charge in [-0.2, -0.15) is 0 Å². The van der Waals surface area contributed by atoms with Crippen LogP contribution in [0.4, 0.5) is 0 Å². The molecule has 0 aliphatic carbocycles. The van der Waals surface area contributed by atoms with Crippen molar-refractivity contribution >= 4 is 87.0 Å². The van der Waals surface area contributed by atoms with E-state index < -0.39 is 21.8 Å². The van der Waals surface area contributed by atoms with Gasteiger partial charge >= 0.3 is 0 Å². The van der Waals surface area contributed by atoms with Crippen molar-refractivity contribution in [1.82, 2.24) is 0 Å². The van der Waals surface area contributed by atoms with E-state index in [1.165, 1.54) is 74.8 Å². The minimum atomic E-state index is -2.80.